The van der Waals surface area contributed by atoms with Crippen LogP contribution in [0.5, 0.6) is 5.75 Å². The van der Waals surface area contributed by atoms with Crippen molar-refractivity contribution in [1.29, 1.82) is 0 Å². The number of carbonyl (C=O) groups excluding carboxylic acids is 1. The van der Waals surface area contributed by atoms with Crippen molar-refractivity contribution in [2.24, 2.45) is 0 Å². The molecule has 0 radical (unpaired) electrons. The van der Waals surface area contributed by atoms with Crippen molar-refractivity contribution < 1.29 is 22.4 Å². The first-order valence-electron chi connectivity index (χ1n) is 9.40. The lowest BCUT2D eigenvalue weighted by atomic mass is 10.2. The molecule has 10 heteroatoms. The highest BCUT2D eigenvalue weighted by molar-refractivity contribution is 7.92. The van der Waals surface area contributed by atoms with Gasteiger partial charge in [-0.3, -0.25) is 9.52 Å². The summed E-state index contributed by atoms with van der Waals surface area (Å²) in [5, 5.41) is 10.6. The SMILES string of the molecule is COc1cccc(-c2nnc(-c3ccccc3NS(=O)(=O)c3ccc(NC=O)cc3)o2)c1. The van der Waals surface area contributed by atoms with Crippen molar-refractivity contribution in [3.05, 3.63) is 72.8 Å². The van der Waals surface area contributed by atoms with Crippen LogP contribution in [0.3, 0.4) is 0 Å². The highest BCUT2D eigenvalue weighted by Crippen LogP contribution is 2.31. The Kier molecular flexibility index (Phi) is 5.86. The topological polar surface area (TPSA) is 123 Å². The fourth-order valence-corrected chi connectivity index (χ4v) is 4.05. The minimum Gasteiger partial charge on any atom is -0.497 e. The number of sulfonamides is 1. The van der Waals surface area contributed by atoms with E-state index in [0.29, 0.717) is 29.0 Å². The maximum absolute atomic E-state index is 12.9. The third kappa shape index (κ3) is 4.44. The van der Waals surface area contributed by atoms with E-state index < -0.39 is 10.0 Å². The monoisotopic (exact) mass is 450 g/mol. The quantitative estimate of drug-likeness (QED) is 0.392. The minimum absolute atomic E-state index is 0.0337. The Balaban J connectivity index is 1.63. The van der Waals surface area contributed by atoms with Gasteiger partial charge in [0.2, 0.25) is 18.2 Å². The van der Waals surface area contributed by atoms with Crippen LogP contribution in [0.25, 0.3) is 22.9 Å². The summed E-state index contributed by atoms with van der Waals surface area (Å²) in [5.74, 6) is 1.08. The van der Waals surface area contributed by atoms with E-state index in [1.165, 1.54) is 24.3 Å². The van der Waals surface area contributed by atoms with E-state index in [9.17, 15) is 13.2 Å². The van der Waals surface area contributed by atoms with Crippen molar-refractivity contribution in [1.82, 2.24) is 10.2 Å². The largest absolute Gasteiger partial charge is 0.497 e. The normalized spacial score (nSPS) is 11.0. The van der Waals surface area contributed by atoms with Crippen molar-refractivity contribution in [3.8, 4) is 28.7 Å². The van der Waals surface area contributed by atoms with Gasteiger partial charge in [0.25, 0.3) is 10.0 Å². The van der Waals surface area contributed by atoms with Gasteiger partial charge in [0.05, 0.1) is 23.3 Å². The van der Waals surface area contributed by atoms with Crippen LogP contribution in [-0.2, 0) is 14.8 Å². The number of aromatic nitrogens is 2. The van der Waals surface area contributed by atoms with Gasteiger partial charge in [0, 0.05) is 11.3 Å². The summed E-state index contributed by atoms with van der Waals surface area (Å²) in [6.45, 7) is 0. The van der Waals surface area contributed by atoms with E-state index in [0.717, 1.165) is 0 Å². The Morgan fingerprint density at radius 1 is 0.938 bits per heavy atom. The van der Waals surface area contributed by atoms with Gasteiger partial charge in [0.1, 0.15) is 5.75 Å². The molecule has 2 N–H and O–H groups in total. The van der Waals surface area contributed by atoms with Crippen LogP contribution in [0.1, 0.15) is 0 Å². The van der Waals surface area contributed by atoms with Gasteiger partial charge in [-0.1, -0.05) is 18.2 Å². The van der Waals surface area contributed by atoms with Gasteiger partial charge in [-0.25, -0.2) is 8.42 Å². The molecule has 162 valence electrons. The lowest BCUT2D eigenvalue weighted by Crippen LogP contribution is -2.13. The Labute approximate surface area is 184 Å². The molecule has 1 amide bonds. The molecule has 0 fully saturated rings. The molecule has 1 heterocycles. The van der Waals surface area contributed by atoms with Gasteiger partial charge >= 0.3 is 0 Å². The third-order valence-corrected chi connectivity index (χ3v) is 5.92. The van der Waals surface area contributed by atoms with E-state index in [2.05, 4.69) is 20.2 Å². The first-order chi connectivity index (χ1) is 15.5. The minimum atomic E-state index is -3.90. The van der Waals surface area contributed by atoms with E-state index >= 15 is 0 Å². The second-order valence-electron chi connectivity index (χ2n) is 6.58. The molecular weight excluding hydrogens is 432 g/mol. The molecular formula is C22H18N4O5S. The second-order valence-corrected chi connectivity index (χ2v) is 8.26. The zero-order valence-electron chi connectivity index (χ0n) is 16.8. The summed E-state index contributed by atoms with van der Waals surface area (Å²) in [5.41, 5.74) is 1.86. The molecule has 4 aromatic rings. The van der Waals surface area contributed by atoms with Gasteiger partial charge in [-0.2, -0.15) is 0 Å². The Bertz CT molecular complexity index is 1350. The summed E-state index contributed by atoms with van der Waals surface area (Å²) >= 11 is 0. The molecule has 0 bridgehead atoms. The van der Waals surface area contributed by atoms with Crippen LogP contribution in [-0.4, -0.2) is 32.1 Å². The fraction of sp³-hybridized carbons (Fsp3) is 0.0455. The van der Waals surface area contributed by atoms with Crippen molar-refractivity contribution >= 4 is 27.8 Å². The molecule has 4 rings (SSSR count). The van der Waals surface area contributed by atoms with Gasteiger partial charge in [-0.15, -0.1) is 10.2 Å². The first-order valence-corrected chi connectivity index (χ1v) is 10.9. The standard InChI is InChI=1S/C22H18N4O5S/c1-30-17-6-4-5-15(13-17)21-24-25-22(31-21)19-7-2-3-8-20(19)26-32(28,29)18-11-9-16(10-12-18)23-14-27/h2-14,26H,1H3,(H,23,27). The van der Waals surface area contributed by atoms with Crippen LogP contribution in [0, 0.1) is 0 Å². The summed E-state index contributed by atoms with van der Waals surface area (Å²) < 4.78 is 39.3. The molecule has 0 unspecified atom stereocenters. The second kappa shape index (κ2) is 8.90. The number of benzene rings is 3. The van der Waals surface area contributed by atoms with Crippen molar-refractivity contribution in [2.75, 3.05) is 17.1 Å². The number of anilines is 2. The number of amides is 1. The summed E-state index contributed by atoms with van der Waals surface area (Å²) in [7, 11) is -2.34. The van der Waals surface area contributed by atoms with E-state index in [1.54, 1.807) is 55.6 Å². The average Bonchev–Trinajstić information content (AvgIpc) is 3.30. The number of nitrogens with one attached hydrogen (secondary N) is 2. The number of methoxy groups -OCH3 is 1. The van der Waals surface area contributed by atoms with Gasteiger partial charge in [0.15, 0.2) is 0 Å². The highest BCUT2D eigenvalue weighted by Gasteiger charge is 2.19. The van der Waals surface area contributed by atoms with Crippen LogP contribution >= 0.6 is 0 Å². The van der Waals surface area contributed by atoms with Crippen LogP contribution in [0.4, 0.5) is 11.4 Å². The van der Waals surface area contributed by atoms with E-state index in [4.69, 9.17) is 9.15 Å². The van der Waals surface area contributed by atoms with E-state index in [1.807, 2.05) is 0 Å². The maximum atomic E-state index is 12.9. The third-order valence-electron chi connectivity index (χ3n) is 4.53. The molecule has 0 aliphatic carbocycles. The number of para-hydroxylation sites is 1. The number of ether oxygens (including phenoxy) is 1. The molecule has 32 heavy (non-hydrogen) atoms. The molecule has 0 spiro atoms. The summed E-state index contributed by atoms with van der Waals surface area (Å²) in [6.07, 6.45) is 0.516. The lowest BCUT2D eigenvalue weighted by molar-refractivity contribution is -0.105. The van der Waals surface area contributed by atoms with Crippen LogP contribution < -0.4 is 14.8 Å². The van der Waals surface area contributed by atoms with Gasteiger partial charge in [-0.05, 0) is 54.6 Å². The Morgan fingerprint density at radius 2 is 1.69 bits per heavy atom. The first kappa shape index (κ1) is 21.1. The predicted molar refractivity (Wildman–Crippen MR) is 119 cm³/mol. The zero-order valence-corrected chi connectivity index (χ0v) is 17.7. The zero-order chi connectivity index (χ0) is 22.6. The van der Waals surface area contributed by atoms with Gasteiger partial charge < -0.3 is 14.5 Å². The molecule has 9 nitrogen and oxygen atoms in total. The molecule has 1 aromatic heterocycles. The fourth-order valence-electron chi connectivity index (χ4n) is 2.97. The van der Waals surface area contributed by atoms with Crippen molar-refractivity contribution in [2.45, 2.75) is 4.90 Å². The van der Waals surface area contributed by atoms with Crippen molar-refractivity contribution in [3.63, 3.8) is 0 Å². The molecule has 0 saturated carbocycles. The smallest absolute Gasteiger partial charge is 0.261 e. The Hall–Kier alpha value is -4.18. The summed E-state index contributed by atoms with van der Waals surface area (Å²) in [6, 6.07) is 19.6. The molecule has 0 atom stereocenters. The maximum Gasteiger partial charge on any atom is 0.261 e. The Morgan fingerprint density at radius 3 is 2.44 bits per heavy atom. The van der Waals surface area contributed by atoms with E-state index in [-0.39, 0.29) is 22.4 Å². The molecule has 0 saturated heterocycles. The number of hydrogen-bond donors (Lipinski definition) is 2. The number of rotatable bonds is 8. The number of nitrogens with zero attached hydrogens (tertiary/aromatic N) is 2. The number of carbonyl (C=O) groups is 1. The molecule has 3 aromatic carbocycles. The number of hydrogen-bond acceptors (Lipinski definition) is 7. The van der Waals surface area contributed by atoms with Crippen LogP contribution in [0.15, 0.2) is 82.1 Å². The highest BCUT2D eigenvalue weighted by atomic mass is 32.2. The average molecular weight is 450 g/mol. The molecule has 0 aliphatic heterocycles. The predicted octanol–water partition coefficient (Wildman–Crippen LogP) is 3.78. The summed E-state index contributed by atoms with van der Waals surface area (Å²) in [4.78, 5) is 10.6. The molecule has 0 aliphatic rings. The lowest BCUT2D eigenvalue weighted by Gasteiger charge is -2.11. The van der Waals surface area contributed by atoms with Crippen LogP contribution in [0.2, 0.25) is 0 Å².